The van der Waals surface area contributed by atoms with E-state index in [1.807, 2.05) is 0 Å². The van der Waals surface area contributed by atoms with Gasteiger partial charge in [-0.25, -0.2) is 4.79 Å². The van der Waals surface area contributed by atoms with E-state index in [0.717, 1.165) is 0 Å². The molecular weight excluding hydrogens is 234 g/mol. The minimum atomic E-state index is -0.429. The van der Waals surface area contributed by atoms with Gasteiger partial charge in [-0.05, 0) is 19.1 Å². The fraction of sp³-hybridized carbons (Fsp3) is 0.385. The molecule has 0 unspecified atom stereocenters. The van der Waals surface area contributed by atoms with Crippen LogP contribution in [0.4, 0.5) is 5.69 Å². The first kappa shape index (κ1) is 14.0. The van der Waals surface area contributed by atoms with Gasteiger partial charge in [0, 0.05) is 7.05 Å². The van der Waals surface area contributed by atoms with Crippen LogP contribution in [-0.2, 0) is 14.3 Å². The number of anilines is 1. The number of benzene rings is 1. The Morgan fingerprint density at radius 3 is 2.56 bits per heavy atom. The molecule has 0 N–H and O–H groups in total. The van der Waals surface area contributed by atoms with Crippen molar-refractivity contribution in [1.82, 2.24) is 0 Å². The Labute approximate surface area is 106 Å². The summed E-state index contributed by atoms with van der Waals surface area (Å²) >= 11 is 0. The fourth-order valence-electron chi connectivity index (χ4n) is 1.57. The second-order valence-electron chi connectivity index (χ2n) is 3.67. The van der Waals surface area contributed by atoms with Crippen LogP contribution in [-0.4, -0.2) is 39.2 Å². The van der Waals surface area contributed by atoms with Crippen LogP contribution in [0.1, 0.15) is 17.3 Å². The van der Waals surface area contributed by atoms with Crippen molar-refractivity contribution in [3.63, 3.8) is 0 Å². The molecular formula is C13H17NO4. The molecule has 0 radical (unpaired) electrons. The summed E-state index contributed by atoms with van der Waals surface area (Å²) in [4.78, 5) is 24.6. The summed E-state index contributed by atoms with van der Waals surface area (Å²) in [7, 11) is 3.04. The third kappa shape index (κ3) is 3.48. The van der Waals surface area contributed by atoms with Crippen LogP contribution >= 0.6 is 0 Å². The van der Waals surface area contributed by atoms with E-state index in [-0.39, 0.29) is 12.5 Å². The molecule has 0 bridgehead atoms. The van der Waals surface area contributed by atoms with Crippen molar-refractivity contribution < 1.29 is 19.1 Å². The number of hydrogen-bond acceptors (Lipinski definition) is 5. The number of ether oxygens (including phenoxy) is 2. The van der Waals surface area contributed by atoms with E-state index < -0.39 is 5.97 Å². The molecule has 0 saturated heterocycles. The van der Waals surface area contributed by atoms with E-state index in [9.17, 15) is 9.59 Å². The van der Waals surface area contributed by atoms with E-state index >= 15 is 0 Å². The second-order valence-corrected chi connectivity index (χ2v) is 3.67. The topological polar surface area (TPSA) is 55.8 Å². The summed E-state index contributed by atoms with van der Waals surface area (Å²) in [5, 5.41) is 0. The zero-order valence-electron chi connectivity index (χ0n) is 10.8. The minimum absolute atomic E-state index is 0.0852. The third-order valence-electron chi connectivity index (χ3n) is 2.39. The summed E-state index contributed by atoms with van der Waals surface area (Å²) < 4.78 is 9.56. The summed E-state index contributed by atoms with van der Waals surface area (Å²) in [6.45, 7) is 2.17. The number of rotatable bonds is 5. The van der Waals surface area contributed by atoms with Gasteiger partial charge in [-0.3, -0.25) is 4.79 Å². The van der Waals surface area contributed by atoms with E-state index in [1.54, 1.807) is 43.1 Å². The summed E-state index contributed by atoms with van der Waals surface area (Å²) in [5.41, 5.74) is 1.06. The van der Waals surface area contributed by atoms with Gasteiger partial charge in [0.1, 0.15) is 6.54 Å². The summed E-state index contributed by atoms with van der Waals surface area (Å²) in [6.07, 6.45) is 0. The zero-order chi connectivity index (χ0) is 13.5. The Morgan fingerprint density at radius 1 is 1.28 bits per heavy atom. The minimum Gasteiger partial charge on any atom is -0.465 e. The van der Waals surface area contributed by atoms with E-state index in [2.05, 4.69) is 0 Å². The van der Waals surface area contributed by atoms with Crippen molar-refractivity contribution in [1.29, 1.82) is 0 Å². The van der Waals surface area contributed by atoms with Gasteiger partial charge in [0.15, 0.2) is 0 Å². The molecule has 0 amide bonds. The van der Waals surface area contributed by atoms with Gasteiger partial charge < -0.3 is 14.4 Å². The first-order valence-corrected chi connectivity index (χ1v) is 5.64. The Morgan fingerprint density at radius 2 is 1.94 bits per heavy atom. The molecule has 0 heterocycles. The van der Waals surface area contributed by atoms with Gasteiger partial charge in [-0.1, -0.05) is 12.1 Å². The van der Waals surface area contributed by atoms with Crippen molar-refractivity contribution in [2.45, 2.75) is 6.92 Å². The first-order chi connectivity index (χ1) is 8.60. The molecule has 1 rings (SSSR count). The Hall–Kier alpha value is -2.04. The van der Waals surface area contributed by atoms with Gasteiger partial charge in [0.25, 0.3) is 0 Å². The normalized spacial score (nSPS) is 9.72. The van der Waals surface area contributed by atoms with Crippen molar-refractivity contribution in [3.05, 3.63) is 29.8 Å². The SMILES string of the molecule is CCOC(=O)CN(C)c1ccccc1C(=O)OC. The largest absolute Gasteiger partial charge is 0.465 e. The smallest absolute Gasteiger partial charge is 0.339 e. The number of nitrogens with zero attached hydrogens (tertiary/aromatic N) is 1. The molecule has 0 fully saturated rings. The predicted octanol–water partition coefficient (Wildman–Crippen LogP) is 1.47. The molecule has 5 nitrogen and oxygen atoms in total. The molecule has 0 spiro atoms. The average molecular weight is 251 g/mol. The first-order valence-electron chi connectivity index (χ1n) is 5.64. The van der Waals surface area contributed by atoms with Gasteiger partial charge in [0.2, 0.25) is 0 Å². The molecule has 0 saturated carbocycles. The number of carbonyl (C=O) groups excluding carboxylic acids is 2. The highest BCUT2D eigenvalue weighted by Gasteiger charge is 2.16. The molecule has 0 aromatic heterocycles. The highest BCUT2D eigenvalue weighted by molar-refractivity contribution is 5.96. The van der Waals surface area contributed by atoms with Crippen molar-refractivity contribution >= 4 is 17.6 Å². The quantitative estimate of drug-likeness (QED) is 0.742. The molecule has 5 heteroatoms. The van der Waals surface area contributed by atoms with Crippen LogP contribution in [0, 0.1) is 0 Å². The number of carbonyl (C=O) groups is 2. The third-order valence-corrected chi connectivity index (χ3v) is 2.39. The lowest BCUT2D eigenvalue weighted by atomic mass is 10.1. The Kier molecular flexibility index (Phi) is 5.17. The van der Waals surface area contributed by atoms with Gasteiger partial charge in [-0.15, -0.1) is 0 Å². The lowest BCUT2D eigenvalue weighted by molar-refractivity contribution is -0.141. The van der Waals surface area contributed by atoms with Crippen LogP contribution in [0.15, 0.2) is 24.3 Å². The van der Waals surface area contributed by atoms with Crippen LogP contribution in [0.25, 0.3) is 0 Å². The summed E-state index contributed by atoms with van der Waals surface area (Å²) in [6, 6.07) is 6.95. The van der Waals surface area contributed by atoms with Crippen molar-refractivity contribution in [2.75, 3.05) is 32.2 Å². The highest BCUT2D eigenvalue weighted by Crippen LogP contribution is 2.19. The monoisotopic (exact) mass is 251 g/mol. The molecule has 1 aromatic carbocycles. The van der Waals surface area contributed by atoms with Gasteiger partial charge in [0.05, 0.1) is 25.0 Å². The lowest BCUT2D eigenvalue weighted by Crippen LogP contribution is -2.28. The maximum Gasteiger partial charge on any atom is 0.339 e. The van der Waals surface area contributed by atoms with Crippen molar-refractivity contribution in [3.8, 4) is 0 Å². The van der Waals surface area contributed by atoms with E-state index in [1.165, 1.54) is 7.11 Å². The second kappa shape index (κ2) is 6.64. The van der Waals surface area contributed by atoms with Gasteiger partial charge in [-0.2, -0.15) is 0 Å². The molecule has 18 heavy (non-hydrogen) atoms. The number of hydrogen-bond donors (Lipinski definition) is 0. The standard InChI is InChI=1S/C13H17NO4/c1-4-18-12(15)9-14(2)11-8-6-5-7-10(11)13(16)17-3/h5-8H,4,9H2,1-3H3. The fourth-order valence-corrected chi connectivity index (χ4v) is 1.57. The van der Waals surface area contributed by atoms with E-state index in [4.69, 9.17) is 9.47 Å². The zero-order valence-corrected chi connectivity index (χ0v) is 10.8. The average Bonchev–Trinajstić information content (AvgIpc) is 2.38. The molecule has 0 aliphatic heterocycles. The molecule has 98 valence electrons. The van der Waals surface area contributed by atoms with Crippen LogP contribution in [0.3, 0.4) is 0 Å². The maximum atomic E-state index is 11.6. The number of likely N-dealkylation sites (N-methyl/N-ethyl adjacent to an activating group) is 1. The number of esters is 2. The van der Waals surface area contributed by atoms with Crippen LogP contribution in [0.5, 0.6) is 0 Å². The Balaban J connectivity index is 2.88. The molecule has 0 aliphatic carbocycles. The van der Waals surface area contributed by atoms with Crippen LogP contribution in [0.2, 0.25) is 0 Å². The number of para-hydroxylation sites is 1. The molecule has 1 aromatic rings. The van der Waals surface area contributed by atoms with Gasteiger partial charge >= 0.3 is 11.9 Å². The maximum absolute atomic E-state index is 11.6. The molecule has 0 aliphatic rings. The molecule has 0 atom stereocenters. The summed E-state index contributed by atoms with van der Waals surface area (Å²) in [5.74, 6) is -0.763. The lowest BCUT2D eigenvalue weighted by Gasteiger charge is -2.20. The van der Waals surface area contributed by atoms with E-state index in [0.29, 0.717) is 17.9 Å². The van der Waals surface area contributed by atoms with Crippen molar-refractivity contribution in [2.24, 2.45) is 0 Å². The predicted molar refractivity (Wildman–Crippen MR) is 67.7 cm³/mol. The Bertz CT molecular complexity index is 431. The van der Waals surface area contributed by atoms with Crippen LogP contribution < -0.4 is 4.90 Å². The number of methoxy groups -OCH3 is 1. The highest BCUT2D eigenvalue weighted by atomic mass is 16.5.